The number of hydrogen-bond donors (Lipinski definition) is 3. The van der Waals surface area contributed by atoms with E-state index in [1.165, 1.54) is 17.0 Å². The number of carbonyl (C=O) groups is 2. The number of oxazole rings is 1. The summed E-state index contributed by atoms with van der Waals surface area (Å²) < 4.78 is 45.4. The highest BCUT2D eigenvalue weighted by atomic mass is 19.4. The highest BCUT2D eigenvalue weighted by Crippen LogP contribution is 2.37. The van der Waals surface area contributed by atoms with E-state index in [1.54, 1.807) is 11.8 Å². The second kappa shape index (κ2) is 10.2. The van der Waals surface area contributed by atoms with Crippen LogP contribution in [0.25, 0.3) is 22.4 Å². The molecule has 15 heteroatoms. The summed E-state index contributed by atoms with van der Waals surface area (Å²) in [7, 11) is 0. The normalized spacial score (nSPS) is 17.0. The Morgan fingerprint density at radius 1 is 1.00 bits per heavy atom. The lowest BCUT2D eigenvalue weighted by Crippen LogP contribution is -2.54. The second-order valence-corrected chi connectivity index (χ2v) is 9.32. The minimum Gasteiger partial charge on any atom is -0.506 e. The fraction of sp³-hybridized carbons (Fsp3) is 0.360. The number of pyridine rings is 1. The van der Waals surface area contributed by atoms with Gasteiger partial charge in [-0.3, -0.25) is 19.6 Å². The first-order valence-corrected chi connectivity index (χ1v) is 12.4. The van der Waals surface area contributed by atoms with E-state index >= 15 is 0 Å². The van der Waals surface area contributed by atoms with Gasteiger partial charge in [0.05, 0.1) is 19.1 Å². The van der Waals surface area contributed by atoms with Gasteiger partial charge in [0.1, 0.15) is 22.8 Å². The lowest BCUT2D eigenvalue weighted by molar-refractivity contribution is -0.141. The number of aromatic nitrogens is 2. The van der Waals surface area contributed by atoms with Crippen LogP contribution in [0.2, 0.25) is 0 Å². The molecule has 5 rings (SSSR count). The largest absolute Gasteiger partial charge is 0.506 e. The predicted molar refractivity (Wildman–Crippen MR) is 138 cm³/mol. The van der Waals surface area contributed by atoms with Crippen molar-refractivity contribution in [1.29, 1.82) is 0 Å². The van der Waals surface area contributed by atoms with Gasteiger partial charge in [0.2, 0.25) is 5.89 Å². The molecule has 0 aliphatic carbocycles. The van der Waals surface area contributed by atoms with Gasteiger partial charge in [0, 0.05) is 37.1 Å². The SMILES string of the molecule is C[C@H](N)c1oc(-c2ccc(O)c3nc(C(F)(F)F)ccc23)nc1C(=O)N1CCN(C(=O)C2=NCCN=C2N)CC1. The van der Waals surface area contributed by atoms with Crippen molar-refractivity contribution in [2.45, 2.75) is 19.1 Å². The number of nitrogens with zero attached hydrogens (tertiary/aromatic N) is 6. The van der Waals surface area contributed by atoms with Crippen LogP contribution in [0.5, 0.6) is 5.75 Å². The van der Waals surface area contributed by atoms with Crippen molar-refractivity contribution in [2.75, 3.05) is 39.3 Å². The lowest BCUT2D eigenvalue weighted by atomic mass is 10.1. The minimum absolute atomic E-state index is 0.0566. The Bertz CT molecular complexity index is 1560. The number of alkyl halides is 3. The molecule has 210 valence electrons. The zero-order valence-electron chi connectivity index (χ0n) is 21.3. The Morgan fingerprint density at radius 3 is 2.27 bits per heavy atom. The maximum Gasteiger partial charge on any atom is 0.433 e. The van der Waals surface area contributed by atoms with Crippen LogP contribution in [0.1, 0.15) is 34.9 Å². The van der Waals surface area contributed by atoms with E-state index in [2.05, 4.69) is 20.0 Å². The number of halogens is 3. The average Bonchev–Trinajstić information content (AvgIpc) is 3.38. The molecule has 1 saturated heterocycles. The van der Waals surface area contributed by atoms with E-state index < -0.39 is 29.6 Å². The molecule has 0 unspecified atom stereocenters. The first-order valence-electron chi connectivity index (χ1n) is 12.4. The monoisotopic (exact) mass is 558 g/mol. The van der Waals surface area contributed by atoms with Crippen LogP contribution in [0, 0.1) is 0 Å². The van der Waals surface area contributed by atoms with Crippen LogP contribution < -0.4 is 11.5 Å². The number of piperazine rings is 1. The molecule has 2 aliphatic rings. The molecule has 2 aliphatic heterocycles. The third-order valence-corrected chi connectivity index (χ3v) is 6.58. The molecule has 1 aromatic carbocycles. The molecule has 0 saturated carbocycles. The van der Waals surface area contributed by atoms with Crippen molar-refractivity contribution < 1.29 is 32.3 Å². The minimum atomic E-state index is -4.71. The molecule has 1 fully saturated rings. The average molecular weight is 559 g/mol. The Kier molecular flexibility index (Phi) is 6.91. The van der Waals surface area contributed by atoms with Gasteiger partial charge in [-0.15, -0.1) is 0 Å². The van der Waals surface area contributed by atoms with E-state index in [9.17, 15) is 27.9 Å². The number of benzene rings is 1. The van der Waals surface area contributed by atoms with Crippen molar-refractivity contribution >= 4 is 34.3 Å². The Balaban J connectivity index is 1.41. The van der Waals surface area contributed by atoms with Crippen LogP contribution in [0.15, 0.2) is 38.7 Å². The maximum atomic E-state index is 13.5. The molecule has 2 aromatic heterocycles. The number of phenolic OH excluding ortho intramolecular Hbond substituents is 1. The molecule has 2 amide bonds. The van der Waals surface area contributed by atoms with E-state index in [4.69, 9.17) is 15.9 Å². The zero-order chi connectivity index (χ0) is 28.8. The fourth-order valence-electron chi connectivity index (χ4n) is 4.53. The molecule has 1 atom stereocenters. The summed E-state index contributed by atoms with van der Waals surface area (Å²) in [5.41, 5.74) is 10.7. The molecule has 3 aromatic rings. The van der Waals surface area contributed by atoms with Gasteiger partial charge in [0.25, 0.3) is 11.8 Å². The van der Waals surface area contributed by atoms with E-state index in [-0.39, 0.29) is 77.4 Å². The molecule has 0 spiro atoms. The number of carbonyl (C=O) groups excluding carboxylic acids is 2. The first kappa shape index (κ1) is 27.1. The third-order valence-electron chi connectivity index (χ3n) is 6.58. The van der Waals surface area contributed by atoms with E-state index in [0.717, 1.165) is 12.1 Å². The highest BCUT2D eigenvalue weighted by molar-refractivity contribution is 6.66. The first-order chi connectivity index (χ1) is 19.0. The molecule has 0 bridgehead atoms. The van der Waals surface area contributed by atoms with Gasteiger partial charge in [0.15, 0.2) is 17.2 Å². The van der Waals surface area contributed by atoms with E-state index in [0.29, 0.717) is 13.1 Å². The summed E-state index contributed by atoms with van der Waals surface area (Å²) in [6.07, 6.45) is -4.71. The topological polar surface area (TPSA) is 177 Å². The predicted octanol–water partition coefficient (Wildman–Crippen LogP) is 1.73. The van der Waals surface area contributed by atoms with Gasteiger partial charge in [-0.25, -0.2) is 9.97 Å². The summed E-state index contributed by atoms with van der Waals surface area (Å²) in [6, 6.07) is 3.78. The summed E-state index contributed by atoms with van der Waals surface area (Å²) >= 11 is 0. The van der Waals surface area contributed by atoms with Crippen LogP contribution in [0.4, 0.5) is 13.2 Å². The number of rotatable bonds is 4. The summed E-state index contributed by atoms with van der Waals surface area (Å²) in [6.45, 7) is 3.25. The standard InChI is InChI=1S/C25H25F3N8O4/c1-12(29)20-18(23(38)35-8-10-36(11-9-35)24(39)19-21(30)32-7-6-31-19)34-22(40-20)14-2-4-15(37)17-13(14)3-5-16(33-17)25(26,27)28/h2-5,12,37H,6-11,29H2,1H3,(H2,30,32)/t12-/m0/s1. The van der Waals surface area contributed by atoms with Crippen LogP contribution in [-0.4, -0.2) is 87.5 Å². The molecule has 4 heterocycles. The summed E-state index contributed by atoms with van der Waals surface area (Å²) in [4.78, 5) is 45.5. The van der Waals surface area contributed by atoms with Gasteiger partial charge < -0.3 is 30.8 Å². The molecule has 12 nitrogen and oxygen atoms in total. The number of hydrogen-bond acceptors (Lipinski definition) is 10. The number of amidine groups is 1. The quantitative estimate of drug-likeness (QED) is 0.434. The zero-order valence-corrected chi connectivity index (χ0v) is 21.3. The molecular weight excluding hydrogens is 533 g/mol. The number of nitrogens with two attached hydrogens (primary N) is 2. The smallest absolute Gasteiger partial charge is 0.433 e. The van der Waals surface area contributed by atoms with Gasteiger partial charge >= 0.3 is 6.18 Å². The molecule has 40 heavy (non-hydrogen) atoms. The fourth-order valence-corrected chi connectivity index (χ4v) is 4.53. The third kappa shape index (κ3) is 4.95. The number of phenols is 1. The van der Waals surface area contributed by atoms with Crippen molar-refractivity contribution in [1.82, 2.24) is 19.8 Å². The van der Waals surface area contributed by atoms with Crippen LogP contribution >= 0.6 is 0 Å². The van der Waals surface area contributed by atoms with Crippen LogP contribution in [-0.2, 0) is 11.0 Å². The Morgan fingerprint density at radius 2 is 1.65 bits per heavy atom. The Hall–Kier alpha value is -4.53. The summed E-state index contributed by atoms with van der Waals surface area (Å²) in [5.74, 6) is -1.18. The van der Waals surface area contributed by atoms with Crippen molar-refractivity contribution in [2.24, 2.45) is 21.5 Å². The molecule has 0 radical (unpaired) electrons. The molecule has 5 N–H and O–H groups in total. The van der Waals surface area contributed by atoms with Gasteiger partial charge in [-0.1, -0.05) is 0 Å². The second-order valence-electron chi connectivity index (χ2n) is 9.32. The lowest BCUT2D eigenvalue weighted by Gasteiger charge is -2.34. The molecular formula is C25H25F3N8O4. The van der Waals surface area contributed by atoms with Crippen molar-refractivity contribution in [3.05, 3.63) is 41.4 Å². The number of aliphatic imine (C=N–C) groups is 2. The number of amides is 2. The van der Waals surface area contributed by atoms with E-state index in [1.807, 2.05) is 0 Å². The van der Waals surface area contributed by atoms with Crippen molar-refractivity contribution in [3.63, 3.8) is 0 Å². The van der Waals surface area contributed by atoms with Gasteiger partial charge in [-0.05, 0) is 31.2 Å². The van der Waals surface area contributed by atoms with Crippen LogP contribution in [0.3, 0.4) is 0 Å². The Labute approximate surface area is 225 Å². The van der Waals surface area contributed by atoms with Gasteiger partial charge in [-0.2, -0.15) is 13.2 Å². The number of fused-ring (bicyclic) bond motifs is 1. The highest BCUT2D eigenvalue weighted by Gasteiger charge is 2.34. The number of aromatic hydroxyl groups is 1. The van der Waals surface area contributed by atoms with Crippen molar-refractivity contribution in [3.8, 4) is 17.2 Å². The summed E-state index contributed by atoms with van der Waals surface area (Å²) in [5, 5.41) is 10.3. The maximum absolute atomic E-state index is 13.5.